The third-order valence-electron chi connectivity index (χ3n) is 1.33. The number of halogens is 4. The quantitative estimate of drug-likeness (QED) is 0.791. The van der Waals surface area contributed by atoms with E-state index < -0.39 is 4.83 Å². The monoisotopic (exact) mass is 294 g/mol. The van der Waals surface area contributed by atoms with Crippen molar-refractivity contribution in [3.05, 3.63) is 0 Å². The summed E-state index contributed by atoms with van der Waals surface area (Å²) in [5.41, 5.74) is 0. The summed E-state index contributed by atoms with van der Waals surface area (Å²) in [6.45, 7) is 1.62. The highest BCUT2D eigenvalue weighted by atomic mass is 79.9. The van der Waals surface area contributed by atoms with Crippen LogP contribution in [0.4, 0.5) is 8.78 Å². The molecule has 0 amide bonds. The van der Waals surface area contributed by atoms with Crippen LogP contribution in [-0.2, 0) is 0 Å². The molecule has 0 saturated carbocycles. The van der Waals surface area contributed by atoms with Crippen LogP contribution in [0, 0.1) is 5.92 Å². The Balaban J connectivity index is 3.77. The molecule has 68 valence electrons. The summed E-state index contributed by atoms with van der Waals surface area (Å²) in [4.78, 5) is -3.20. The first-order valence-electron chi connectivity index (χ1n) is 3.18. The van der Waals surface area contributed by atoms with Gasteiger partial charge < -0.3 is 5.11 Å². The minimum Gasteiger partial charge on any atom is -0.396 e. The smallest absolute Gasteiger partial charge is 0.302 e. The Bertz CT molecular complexity index is 116. The van der Waals surface area contributed by atoms with E-state index in [0.29, 0.717) is 0 Å². The van der Waals surface area contributed by atoms with E-state index >= 15 is 0 Å². The Kier molecular flexibility index (Phi) is 5.05. The molecule has 0 aliphatic heterocycles. The topological polar surface area (TPSA) is 20.2 Å². The number of aliphatic hydroxyl groups is 1. The normalized spacial score (nSPS) is 18.0. The van der Waals surface area contributed by atoms with Gasteiger partial charge in [0.1, 0.15) is 0 Å². The van der Waals surface area contributed by atoms with Crippen LogP contribution in [0.25, 0.3) is 0 Å². The Morgan fingerprint density at radius 1 is 1.55 bits per heavy atom. The molecule has 0 fully saturated rings. The van der Waals surface area contributed by atoms with Crippen molar-refractivity contribution in [3.63, 3.8) is 0 Å². The standard InChI is InChI=1S/C6H10Br2F2O/c1-4(3-11)5(7)2-6(8,9)10/h4-5,11H,2-3H2,1H3. The predicted octanol–water partition coefficient (Wildman–Crippen LogP) is 2.76. The number of hydrogen-bond acceptors (Lipinski definition) is 1. The van der Waals surface area contributed by atoms with Crippen LogP contribution in [-0.4, -0.2) is 21.4 Å². The van der Waals surface area contributed by atoms with Gasteiger partial charge in [0.2, 0.25) is 0 Å². The molecule has 0 aliphatic carbocycles. The van der Waals surface area contributed by atoms with Crippen LogP contribution in [0.1, 0.15) is 13.3 Å². The summed E-state index contributed by atoms with van der Waals surface area (Å²) in [6.07, 6.45) is -0.311. The van der Waals surface area contributed by atoms with Crippen molar-refractivity contribution in [2.75, 3.05) is 6.61 Å². The Labute approximate surface area is 81.4 Å². The van der Waals surface area contributed by atoms with Crippen molar-refractivity contribution in [2.45, 2.75) is 23.0 Å². The van der Waals surface area contributed by atoms with E-state index in [1.54, 1.807) is 6.92 Å². The largest absolute Gasteiger partial charge is 0.396 e. The van der Waals surface area contributed by atoms with E-state index in [0.717, 1.165) is 0 Å². The highest BCUT2D eigenvalue weighted by Crippen LogP contribution is 2.32. The fourth-order valence-electron chi connectivity index (χ4n) is 0.537. The van der Waals surface area contributed by atoms with E-state index in [1.807, 2.05) is 0 Å². The molecule has 11 heavy (non-hydrogen) atoms. The number of hydrogen-bond donors (Lipinski definition) is 1. The van der Waals surface area contributed by atoms with E-state index in [1.165, 1.54) is 0 Å². The van der Waals surface area contributed by atoms with E-state index in [2.05, 4.69) is 31.9 Å². The zero-order chi connectivity index (χ0) is 9.07. The first-order valence-corrected chi connectivity index (χ1v) is 4.89. The van der Waals surface area contributed by atoms with Crippen LogP contribution >= 0.6 is 31.9 Å². The molecule has 0 radical (unpaired) electrons. The molecule has 1 nitrogen and oxygen atoms in total. The zero-order valence-corrected chi connectivity index (χ0v) is 9.20. The molecule has 1 N–H and O–H groups in total. The molecule has 0 aliphatic rings. The van der Waals surface area contributed by atoms with Gasteiger partial charge in [0, 0.05) is 17.9 Å². The number of aliphatic hydroxyl groups excluding tert-OH is 1. The summed E-state index contributed by atoms with van der Waals surface area (Å²) in [5.74, 6) is -0.154. The molecule has 0 aromatic heterocycles. The molecule has 0 aromatic rings. The van der Waals surface area contributed by atoms with Gasteiger partial charge in [0.25, 0.3) is 0 Å². The molecule has 0 saturated heterocycles. The van der Waals surface area contributed by atoms with Crippen molar-refractivity contribution >= 4 is 31.9 Å². The SMILES string of the molecule is CC(CO)C(Br)CC(F)(F)Br. The van der Waals surface area contributed by atoms with Gasteiger partial charge in [0.15, 0.2) is 0 Å². The molecular weight excluding hydrogens is 286 g/mol. The van der Waals surface area contributed by atoms with E-state index in [4.69, 9.17) is 5.11 Å². The van der Waals surface area contributed by atoms with Crippen LogP contribution in [0.2, 0.25) is 0 Å². The first-order chi connectivity index (χ1) is 4.87. The maximum Gasteiger partial charge on any atom is 0.302 e. The average molecular weight is 296 g/mol. The van der Waals surface area contributed by atoms with Crippen molar-refractivity contribution in [1.82, 2.24) is 0 Å². The van der Waals surface area contributed by atoms with Crippen molar-refractivity contribution in [1.29, 1.82) is 0 Å². The van der Waals surface area contributed by atoms with Crippen LogP contribution in [0.5, 0.6) is 0 Å². The fraction of sp³-hybridized carbons (Fsp3) is 1.00. The lowest BCUT2D eigenvalue weighted by atomic mass is 10.1. The van der Waals surface area contributed by atoms with Crippen LogP contribution in [0.15, 0.2) is 0 Å². The minimum atomic E-state index is -2.84. The predicted molar refractivity (Wildman–Crippen MR) is 47.5 cm³/mol. The molecule has 2 unspecified atom stereocenters. The first kappa shape index (κ1) is 11.8. The summed E-state index contributed by atoms with van der Waals surface area (Å²) < 4.78 is 24.5. The van der Waals surface area contributed by atoms with Gasteiger partial charge in [0.05, 0.1) is 0 Å². The third kappa shape index (κ3) is 5.99. The van der Waals surface area contributed by atoms with Gasteiger partial charge in [-0.1, -0.05) is 22.9 Å². The van der Waals surface area contributed by atoms with Crippen LogP contribution < -0.4 is 0 Å². The lowest BCUT2D eigenvalue weighted by molar-refractivity contribution is 0.0946. The molecule has 2 atom stereocenters. The van der Waals surface area contributed by atoms with Gasteiger partial charge in [-0.05, 0) is 21.8 Å². The summed E-state index contributed by atoms with van der Waals surface area (Å²) in [7, 11) is 0. The second-order valence-electron chi connectivity index (χ2n) is 2.50. The lowest BCUT2D eigenvalue weighted by Crippen LogP contribution is -2.21. The van der Waals surface area contributed by atoms with E-state index in [-0.39, 0.29) is 23.8 Å². The summed E-state index contributed by atoms with van der Waals surface area (Å²) >= 11 is 5.30. The van der Waals surface area contributed by atoms with Crippen molar-refractivity contribution < 1.29 is 13.9 Å². The van der Waals surface area contributed by atoms with Gasteiger partial charge in [-0.2, -0.15) is 8.78 Å². The van der Waals surface area contributed by atoms with Crippen molar-refractivity contribution in [3.8, 4) is 0 Å². The maximum absolute atomic E-state index is 12.3. The Morgan fingerprint density at radius 2 is 2.00 bits per heavy atom. The molecule has 0 spiro atoms. The minimum absolute atomic E-state index is 0.0843. The van der Waals surface area contributed by atoms with Gasteiger partial charge >= 0.3 is 4.83 Å². The summed E-state index contributed by atoms with van der Waals surface area (Å²) in [6, 6.07) is 0. The molecular formula is C6H10Br2F2O. The van der Waals surface area contributed by atoms with Crippen molar-refractivity contribution in [2.24, 2.45) is 5.92 Å². The summed E-state index contributed by atoms with van der Waals surface area (Å²) in [5, 5.41) is 8.61. The molecule has 5 heteroatoms. The second-order valence-corrected chi connectivity index (χ2v) is 4.83. The second kappa shape index (κ2) is 4.72. The highest BCUT2D eigenvalue weighted by molar-refractivity contribution is 9.10. The zero-order valence-electron chi connectivity index (χ0n) is 6.03. The average Bonchev–Trinajstić information content (AvgIpc) is 1.82. The number of rotatable bonds is 4. The van der Waals surface area contributed by atoms with Gasteiger partial charge in [-0.3, -0.25) is 0 Å². The van der Waals surface area contributed by atoms with Gasteiger partial charge in [-0.25, -0.2) is 0 Å². The molecule has 0 rings (SSSR count). The third-order valence-corrected chi connectivity index (χ3v) is 2.88. The Morgan fingerprint density at radius 3 is 2.27 bits per heavy atom. The number of alkyl halides is 4. The van der Waals surface area contributed by atoms with Gasteiger partial charge in [-0.15, -0.1) is 0 Å². The fourth-order valence-corrected chi connectivity index (χ4v) is 1.89. The van der Waals surface area contributed by atoms with E-state index in [9.17, 15) is 8.78 Å². The van der Waals surface area contributed by atoms with Crippen LogP contribution in [0.3, 0.4) is 0 Å². The molecule has 0 heterocycles. The highest BCUT2D eigenvalue weighted by Gasteiger charge is 2.29. The molecule has 0 bridgehead atoms. The molecule has 0 aromatic carbocycles. The lowest BCUT2D eigenvalue weighted by Gasteiger charge is -2.18. The maximum atomic E-state index is 12.3. The Hall–Kier alpha value is 0.780.